The number of nitrogens with zero attached hydrogens (tertiary/aromatic N) is 2. The van der Waals surface area contributed by atoms with E-state index in [-0.39, 0.29) is 17.0 Å². The van der Waals surface area contributed by atoms with Crippen LogP contribution < -0.4 is 10.2 Å². The Hall–Kier alpha value is -2.63. The second kappa shape index (κ2) is 6.47. The maximum absolute atomic E-state index is 12.3. The summed E-state index contributed by atoms with van der Waals surface area (Å²) in [4.78, 5) is 28.6. The molecule has 6 nitrogen and oxygen atoms in total. The summed E-state index contributed by atoms with van der Waals surface area (Å²) < 4.78 is 12.2. The van der Waals surface area contributed by atoms with Gasteiger partial charge in [0.25, 0.3) is 0 Å². The van der Waals surface area contributed by atoms with E-state index in [0.29, 0.717) is 18.2 Å². The minimum absolute atomic E-state index is 0.0370. The zero-order valence-electron chi connectivity index (χ0n) is 14.0. The van der Waals surface area contributed by atoms with Gasteiger partial charge in [0.15, 0.2) is 5.43 Å². The maximum Gasteiger partial charge on any atom is 0.343 e. The van der Waals surface area contributed by atoms with Gasteiger partial charge in [-0.2, -0.15) is 0 Å². The fourth-order valence-corrected chi connectivity index (χ4v) is 2.93. The quantitative estimate of drug-likeness (QED) is 0.807. The third kappa shape index (κ3) is 2.79. The molecule has 1 unspecified atom stereocenters. The van der Waals surface area contributed by atoms with Crippen molar-refractivity contribution in [2.45, 2.75) is 32.7 Å². The van der Waals surface area contributed by atoms with Crippen molar-refractivity contribution in [1.82, 2.24) is 9.55 Å². The zero-order chi connectivity index (χ0) is 17.3. The fraction of sp³-hybridized carbons (Fsp3) is 0.389. The van der Waals surface area contributed by atoms with Crippen LogP contribution in [-0.2, 0) is 11.2 Å². The molecule has 0 fully saturated rings. The molecule has 6 heteroatoms. The highest BCUT2D eigenvalue weighted by Gasteiger charge is 2.25. The number of rotatable bonds is 4. The van der Waals surface area contributed by atoms with Gasteiger partial charge in [0.05, 0.1) is 25.1 Å². The average Bonchev–Trinajstić information content (AvgIpc) is 2.59. The topological polar surface area (TPSA) is 70.4 Å². The first-order valence-electron chi connectivity index (χ1n) is 8.02. The van der Waals surface area contributed by atoms with E-state index >= 15 is 0 Å². The third-order valence-electron chi connectivity index (χ3n) is 4.13. The Kier molecular flexibility index (Phi) is 4.38. The van der Waals surface area contributed by atoms with Crippen molar-refractivity contribution in [1.29, 1.82) is 0 Å². The molecule has 0 N–H and O–H groups in total. The number of aromatic nitrogens is 2. The van der Waals surface area contributed by atoms with Crippen molar-refractivity contribution in [3.8, 4) is 17.3 Å². The van der Waals surface area contributed by atoms with Gasteiger partial charge in [-0.3, -0.25) is 4.79 Å². The van der Waals surface area contributed by atoms with Crippen LogP contribution in [0.25, 0.3) is 11.4 Å². The third-order valence-corrected chi connectivity index (χ3v) is 4.13. The van der Waals surface area contributed by atoms with Gasteiger partial charge in [-0.1, -0.05) is 13.0 Å². The highest BCUT2D eigenvalue weighted by molar-refractivity contribution is 5.89. The number of hydrogen-bond acceptors (Lipinski definition) is 5. The standard InChI is InChI=1S/C18H20N2O4/c1-4-7-24-16-6-5-12-8-11(2)20-10-13(18(22)23-3)15(21)9-14(20)17(12)19-16/h5-6,9-11H,4,7-8H2,1-3H3. The van der Waals surface area contributed by atoms with E-state index in [1.54, 1.807) is 6.20 Å². The predicted molar refractivity (Wildman–Crippen MR) is 89.5 cm³/mol. The lowest BCUT2D eigenvalue weighted by atomic mass is 9.97. The van der Waals surface area contributed by atoms with Crippen LogP contribution in [0.4, 0.5) is 0 Å². The lowest BCUT2D eigenvalue weighted by Crippen LogP contribution is -2.25. The Labute approximate surface area is 140 Å². The molecule has 2 aromatic rings. The van der Waals surface area contributed by atoms with Gasteiger partial charge in [0.1, 0.15) is 5.56 Å². The van der Waals surface area contributed by atoms with E-state index in [0.717, 1.165) is 24.1 Å². The molecule has 1 aliphatic heterocycles. The van der Waals surface area contributed by atoms with Crippen molar-refractivity contribution in [3.63, 3.8) is 0 Å². The molecule has 0 bridgehead atoms. The van der Waals surface area contributed by atoms with E-state index in [2.05, 4.69) is 9.72 Å². The molecule has 2 aromatic heterocycles. The molecule has 3 heterocycles. The molecule has 0 spiro atoms. The summed E-state index contributed by atoms with van der Waals surface area (Å²) in [7, 11) is 1.27. The summed E-state index contributed by atoms with van der Waals surface area (Å²) in [6.45, 7) is 4.67. The minimum atomic E-state index is -0.624. The highest BCUT2D eigenvalue weighted by atomic mass is 16.5. The normalized spacial score (nSPS) is 15.4. The van der Waals surface area contributed by atoms with Gasteiger partial charge in [-0.25, -0.2) is 9.78 Å². The number of fused-ring (bicyclic) bond motifs is 3. The number of carbonyl (C=O) groups is 1. The molecular formula is C18H20N2O4. The highest BCUT2D eigenvalue weighted by Crippen LogP contribution is 2.33. The first-order chi connectivity index (χ1) is 11.5. The van der Waals surface area contributed by atoms with E-state index in [1.807, 2.05) is 30.5 Å². The Morgan fingerprint density at radius 1 is 1.42 bits per heavy atom. The predicted octanol–water partition coefficient (Wildman–Crippen LogP) is 2.60. The number of methoxy groups -OCH3 is 1. The lowest BCUT2D eigenvalue weighted by Gasteiger charge is -2.27. The van der Waals surface area contributed by atoms with Gasteiger partial charge < -0.3 is 14.0 Å². The monoisotopic (exact) mass is 328 g/mol. The molecule has 0 aliphatic carbocycles. The Bertz CT molecular complexity index is 841. The van der Waals surface area contributed by atoms with Crippen LogP contribution in [0.5, 0.6) is 5.88 Å². The smallest absolute Gasteiger partial charge is 0.343 e. The molecule has 0 aromatic carbocycles. The minimum Gasteiger partial charge on any atom is -0.478 e. The number of carbonyl (C=O) groups excluding carboxylic acids is 1. The molecule has 0 radical (unpaired) electrons. The maximum atomic E-state index is 12.3. The van der Waals surface area contributed by atoms with Crippen molar-refractivity contribution >= 4 is 5.97 Å². The van der Waals surface area contributed by atoms with Gasteiger partial charge in [-0.05, 0) is 25.3 Å². The van der Waals surface area contributed by atoms with Crippen molar-refractivity contribution in [2.75, 3.05) is 13.7 Å². The first kappa shape index (κ1) is 16.2. The van der Waals surface area contributed by atoms with E-state index in [9.17, 15) is 9.59 Å². The van der Waals surface area contributed by atoms with Crippen LogP contribution in [0.15, 0.2) is 29.2 Å². The van der Waals surface area contributed by atoms with Gasteiger partial charge in [0.2, 0.25) is 5.88 Å². The van der Waals surface area contributed by atoms with Crippen LogP contribution in [0.2, 0.25) is 0 Å². The molecular weight excluding hydrogens is 308 g/mol. The van der Waals surface area contributed by atoms with Crippen LogP contribution in [0.3, 0.4) is 0 Å². The molecule has 24 heavy (non-hydrogen) atoms. The van der Waals surface area contributed by atoms with Crippen LogP contribution in [0, 0.1) is 0 Å². The largest absolute Gasteiger partial charge is 0.478 e. The van der Waals surface area contributed by atoms with Gasteiger partial charge >= 0.3 is 5.97 Å². The summed E-state index contributed by atoms with van der Waals surface area (Å²) in [5, 5.41) is 0. The fourth-order valence-electron chi connectivity index (χ4n) is 2.93. The van der Waals surface area contributed by atoms with Crippen LogP contribution in [-0.4, -0.2) is 29.2 Å². The van der Waals surface area contributed by atoms with E-state index < -0.39 is 5.97 Å². The Morgan fingerprint density at radius 2 is 2.21 bits per heavy atom. The summed E-state index contributed by atoms with van der Waals surface area (Å²) >= 11 is 0. The molecule has 1 atom stereocenters. The molecule has 1 aliphatic rings. The molecule has 3 rings (SSSR count). The van der Waals surface area contributed by atoms with Gasteiger partial charge in [0, 0.05) is 24.4 Å². The van der Waals surface area contributed by atoms with Crippen LogP contribution >= 0.6 is 0 Å². The van der Waals surface area contributed by atoms with Crippen molar-refractivity contribution < 1.29 is 14.3 Å². The SMILES string of the molecule is CCCOc1ccc2c(n1)-c1cc(=O)c(C(=O)OC)cn1C(C)C2. The Morgan fingerprint density at radius 3 is 2.92 bits per heavy atom. The second-order valence-corrected chi connectivity index (χ2v) is 5.89. The van der Waals surface area contributed by atoms with E-state index in [1.165, 1.54) is 13.2 Å². The number of ether oxygens (including phenoxy) is 2. The number of pyridine rings is 2. The number of esters is 1. The molecule has 0 saturated heterocycles. The second-order valence-electron chi connectivity index (χ2n) is 5.89. The zero-order valence-corrected chi connectivity index (χ0v) is 14.0. The van der Waals surface area contributed by atoms with Crippen LogP contribution in [0.1, 0.15) is 42.2 Å². The summed E-state index contributed by atoms with van der Waals surface area (Å²) in [5.41, 5.74) is 2.17. The summed E-state index contributed by atoms with van der Waals surface area (Å²) in [5.74, 6) is -0.0810. The van der Waals surface area contributed by atoms with Crippen molar-refractivity contribution in [3.05, 3.63) is 45.7 Å². The van der Waals surface area contributed by atoms with E-state index in [4.69, 9.17) is 4.74 Å². The number of hydrogen-bond donors (Lipinski definition) is 0. The van der Waals surface area contributed by atoms with Crippen molar-refractivity contribution in [2.24, 2.45) is 0 Å². The molecule has 126 valence electrons. The summed E-state index contributed by atoms with van der Waals surface area (Å²) in [6.07, 6.45) is 3.24. The average molecular weight is 328 g/mol. The van der Waals surface area contributed by atoms with Gasteiger partial charge in [-0.15, -0.1) is 0 Å². The molecule has 0 saturated carbocycles. The first-order valence-corrected chi connectivity index (χ1v) is 8.02. The Balaban J connectivity index is 2.13. The molecule has 0 amide bonds. The summed E-state index contributed by atoms with van der Waals surface area (Å²) in [6, 6.07) is 5.42. The lowest BCUT2D eigenvalue weighted by molar-refractivity contribution is 0.0598.